The minimum atomic E-state index is 0.0176. The Morgan fingerprint density at radius 3 is 2.66 bits per heavy atom. The summed E-state index contributed by atoms with van der Waals surface area (Å²) in [5.74, 6) is 1.31. The van der Waals surface area contributed by atoms with Crippen molar-refractivity contribution in [3.63, 3.8) is 0 Å². The zero-order chi connectivity index (χ0) is 20.2. The second-order valence-corrected chi connectivity index (χ2v) is 7.57. The molecule has 2 aliphatic heterocycles. The van der Waals surface area contributed by atoms with E-state index in [0.717, 1.165) is 57.7 Å². The SMILES string of the molecule is COc1ccc(-c2cc(C(=O)N3CCCC(N4CCNCC4)C3)[nH]n2)cc1OC. The molecule has 2 aliphatic rings. The summed E-state index contributed by atoms with van der Waals surface area (Å²) in [5, 5.41) is 10.7. The molecule has 3 heterocycles. The number of hydrogen-bond donors (Lipinski definition) is 2. The van der Waals surface area contributed by atoms with Crippen LogP contribution in [-0.2, 0) is 0 Å². The van der Waals surface area contributed by atoms with Crippen molar-refractivity contribution in [3.8, 4) is 22.8 Å². The van der Waals surface area contributed by atoms with Crippen LogP contribution in [-0.4, -0.2) is 85.4 Å². The normalized spacial score (nSPS) is 20.5. The van der Waals surface area contributed by atoms with E-state index in [1.807, 2.05) is 29.2 Å². The lowest BCUT2D eigenvalue weighted by molar-refractivity contribution is 0.0546. The van der Waals surface area contributed by atoms with E-state index in [-0.39, 0.29) is 5.91 Å². The Balaban J connectivity index is 1.46. The molecule has 2 fully saturated rings. The van der Waals surface area contributed by atoms with Gasteiger partial charge in [-0.05, 0) is 37.1 Å². The van der Waals surface area contributed by atoms with E-state index in [2.05, 4.69) is 20.4 Å². The molecule has 1 unspecified atom stereocenters. The highest BCUT2D eigenvalue weighted by molar-refractivity contribution is 5.93. The first kappa shape index (κ1) is 19.7. The average molecular weight is 399 g/mol. The van der Waals surface area contributed by atoms with E-state index >= 15 is 0 Å². The van der Waals surface area contributed by atoms with Gasteiger partial charge in [0, 0.05) is 50.9 Å². The minimum absolute atomic E-state index is 0.0176. The van der Waals surface area contributed by atoms with Gasteiger partial charge in [0.2, 0.25) is 0 Å². The first-order chi connectivity index (χ1) is 14.2. The number of H-pyrrole nitrogens is 1. The Morgan fingerprint density at radius 2 is 1.90 bits per heavy atom. The van der Waals surface area contributed by atoms with Crippen LogP contribution in [0.1, 0.15) is 23.3 Å². The molecule has 0 saturated carbocycles. The molecule has 4 rings (SSSR count). The van der Waals surface area contributed by atoms with Gasteiger partial charge in [0.1, 0.15) is 5.69 Å². The second-order valence-electron chi connectivity index (χ2n) is 7.57. The predicted molar refractivity (Wildman–Crippen MR) is 110 cm³/mol. The van der Waals surface area contributed by atoms with Crippen LogP contribution in [0, 0.1) is 0 Å². The summed E-state index contributed by atoms with van der Waals surface area (Å²) in [6.07, 6.45) is 2.20. The molecule has 1 atom stereocenters. The number of nitrogens with zero attached hydrogens (tertiary/aromatic N) is 3. The first-order valence-corrected chi connectivity index (χ1v) is 10.2. The molecule has 2 aromatic rings. The number of rotatable bonds is 5. The lowest BCUT2D eigenvalue weighted by Gasteiger charge is -2.41. The molecule has 1 aromatic carbocycles. The molecular formula is C21H29N5O3. The number of aromatic amines is 1. The Labute approximate surface area is 171 Å². The summed E-state index contributed by atoms with van der Waals surface area (Å²) >= 11 is 0. The van der Waals surface area contributed by atoms with Gasteiger partial charge in [-0.1, -0.05) is 0 Å². The van der Waals surface area contributed by atoms with Gasteiger partial charge < -0.3 is 19.7 Å². The minimum Gasteiger partial charge on any atom is -0.493 e. The largest absolute Gasteiger partial charge is 0.493 e. The van der Waals surface area contributed by atoms with Crippen molar-refractivity contribution in [3.05, 3.63) is 30.0 Å². The van der Waals surface area contributed by atoms with Crippen LogP contribution in [0.5, 0.6) is 11.5 Å². The number of piperazine rings is 1. The Bertz CT molecular complexity index is 847. The van der Waals surface area contributed by atoms with E-state index in [4.69, 9.17) is 9.47 Å². The molecule has 8 nitrogen and oxygen atoms in total. The smallest absolute Gasteiger partial charge is 0.271 e. The van der Waals surface area contributed by atoms with E-state index < -0.39 is 0 Å². The van der Waals surface area contributed by atoms with Crippen molar-refractivity contribution in [2.24, 2.45) is 0 Å². The van der Waals surface area contributed by atoms with Gasteiger partial charge in [0.15, 0.2) is 11.5 Å². The molecule has 0 spiro atoms. The molecule has 156 valence electrons. The number of carbonyl (C=O) groups is 1. The van der Waals surface area contributed by atoms with Crippen LogP contribution in [0.3, 0.4) is 0 Å². The fraction of sp³-hybridized carbons (Fsp3) is 0.524. The molecule has 0 aliphatic carbocycles. The number of methoxy groups -OCH3 is 2. The quantitative estimate of drug-likeness (QED) is 0.795. The van der Waals surface area contributed by atoms with Crippen molar-refractivity contribution in [1.29, 1.82) is 0 Å². The molecule has 1 amide bonds. The summed E-state index contributed by atoms with van der Waals surface area (Å²) in [5.41, 5.74) is 2.11. The van der Waals surface area contributed by atoms with Crippen LogP contribution >= 0.6 is 0 Å². The van der Waals surface area contributed by atoms with Gasteiger partial charge in [0.25, 0.3) is 5.91 Å². The van der Waals surface area contributed by atoms with E-state index in [0.29, 0.717) is 28.9 Å². The van der Waals surface area contributed by atoms with Crippen molar-refractivity contribution in [2.75, 3.05) is 53.5 Å². The van der Waals surface area contributed by atoms with E-state index in [1.54, 1.807) is 14.2 Å². The number of likely N-dealkylation sites (tertiary alicyclic amines) is 1. The maximum atomic E-state index is 13.1. The van der Waals surface area contributed by atoms with Crippen molar-refractivity contribution >= 4 is 5.91 Å². The van der Waals surface area contributed by atoms with E-state index in [1.165, 1.54) is 0 Å². The lowest BCUT2D eigenvalue weighted by Crippen LogP contribution is -2.55. The van der Waals surface area contributed by atoms with Crippen LogP contribution in [0.2, 0.25) is 0 Å². The van der Waals surface area contributed by atoms with E-state index in [9.17, 15) is 4.79 Å². The lowest BCUT2D eigenvalue weighted by atomic mass is 10.0. The molecule has 1 aromatic heterocycles. The Hall–Kier alpha value is -2.58. The molecule has 29 heavy (non-hydrogen) atoms. The van der Waals surface area contributed by atoms with Crippen molar-refractivity contribution in [1.82, 2.24) is 25.3 Å². The highest BCUT2D eigenvalue weighted by atomic mass is 16.5. The van der Waals surface area contributed by atoms with Gasteiger partial charge in [-0.3, -0.25) is 14.8 Å². The third-order valence-corrected chi connectivity index (χ3v) is 5.84. The average Bonchev–Trinajstić information content (AvgIpc) is 3.29. The summed E-state index contributed by atoms with van der Waals surface area (Å²) < 4.78 is 10.7. The summed E-state index contributed by atoms with van der Waals surface area (Å²) in [6.45, 7) is 5.75. The van der Waals surface area contributed by atoms with Gasteiger partial charge in [-0.25, -0.2) is 0 Å². The summed E-state index contributed by atoms with van der Waals surface area (Å²) in [6, 6.07) is 7.88. The summed E-state index contributed by atoms with van der Waals surface area (Å²) in [4.78, 5) is 17.5. The van der Waals surface area contributed by atoms with Gasteiger partial charge in [0.05, 0.1) is 19.9 Å². The Kier molecular flexibility index (Phi) is 6.01. The van der Waals surface area contributed by atoms with Crippen LogP contribution in [0.25, 0.3) is 11.3 Å². The Morgan fingerprint density at radius 1 is 1.10 bits per heavy atom. The third-order valence-electron chi connectivity index (χ3n) is 5.84. The number of benzene rings is 1. The van der Waals surface area contributed by atoms with Crippen LogP contribution in [0.15, 0.2) is 24.3 Å². The monoisotopic (exact) mass is 399 g/mol. The molecular weight excluding hydrogens is 370 g/mol. The molecule has 0 bridgehead atoms. The topological polar surface area (TPSA) is 82.7 Å². The first-order valence-electron chi connectivity index (χ1n) is 10.2. The molecule has 8 heteroatoms. The highest BCUT2D eigenvalue weighted by Crippen LogP contribution is 2.32. The second kappa shape index (κ2) is 8.84. The fourth-order valence-corrected chi connectivity index (χ4v) is 4.23. The number of aromatic nitrogens is 2. The van der Waals surface area contributed by atoms with Crippen molar-refractivity contribution < 1.29 is 14.3 Å². The van der Waals surface area contributed by atoms with Crippen molar-refractivity contribution in [2.45, 2.75) is 18.9 Å². The fourth-order valence-electron chi connectivity index (χ4n) is 4.23. The van der Waals surface area contributed by atoms with Gasteiger partial charge in [-0.15, -0.1) is 0 Å². The summed E-state index contributed by atoms with van der Waals surface area (Å²) in [7, 11) is 3.21. The van der Waals surface area contributed by atoms with Gasteiger partial charge >= 0.3 is 0 Å². The highest BCUT2D eigenvalue weighted by Gasteiger charge is 2.29. The number of carbonyl (C=O) groups excluding carboxylic acids is 1. The maximum absolute atomic E-state index is 13.1. The number of nitrogens with one attached hydrogen (secondary N) is 2. The van der Waals surface area contributed by atoms with Crippen LogP contribution in [0.4, 0.5) is 0 Å². The number of ether oxygens (including phenoxy) is 2. The number of amides is 1. The maximum Gasteiger partial charge on any atom is 0.271 e. The molecule has 0 radical (unpaired) electrons. The zero-order valence-electron chi connectivity index (χ0n) is 17.1. The number of piperidine rings is 1. The number of hydrogen-bond acceptors (Lipinski definition) is 6. The molecule has 2 saturated heterocycles. The predicted octanol–water partition coefficient (Wildman–Crippen LogP) is 1.60. The van der Waals surface area contributed by atoms with Gasteiger partial charge in [-0.2, -0.15) is 5.10 Å². The molecule has 2 N–H and O–H groups in total. The standard InChI is InChI=1S/C21H29N5O3/c1-28-19-6-5-15(12-20(19)29-2)17-13-18(24-23-17)21(27)26-9-3-4-16(14-26)25-10-7-22-8-11-25/h5-6,12-13,16,22H,3-4,7-11,14H2,1-2H3,(H,23,24). The third kappa shape index (κ3) is 4.23. The van der Waals surface area contributed by atoms with Crippen LogP contribution < -0.4 is 14.8 Å². The zero-order valence-corrected chi connectivity index (χ0v) is 17.1.